The third kappa shape index (κ3) is 2.92. The molecule has 0 aromatic carbocycles. The molecule has 2 atom stereocenters. The molecule has 0 spiro atoms. The van der Waals surface area contributed by atoms with Crippen LogP contribution in [0.25, 0.3) is 0 Å². The van der Waals surface area contributed by atoms with Crippen molar-refractivity contribution in [1.29, 1.82) is 0 Å². The van der Waals surface area contributed by atoms with E-state index in [-0.39, 0.29) is 5.54 Å². The molecule has 2 rings (SSSR count). The van der Waals surface area contributed by atoms with Gasteiger partial charge in [-0.15, -0.1) is 0 Å². The Balaban J connectivity index is 1.90. The second-order valence-electron chi connectivity index (χ2n) is 5.14. The first-order valence-electron chi connectivity index (χ1n) is 6.37. The highest BCUT2D eigenvalue weighted by molar-refractivity contribution is 4.99. The largest absolute Gasteiger partial charge is 0.378 e. The van der Waals surface area contributed by atoms with Crippen LogP contribution in [0.3, 0.4) is 0 Å². The minimum atomic E-state index is 0.180. The van der Waals surface area contributed by atoms with Crippen LogP contribution in [0.15, 0.2) is 0 Å². The number of hydrogen-bond donors (Lipinski definition) is 2. The van der Waals surface area contributed by atoms with Crippen molar-refractivity contribution in [3.8, 4) is 0 Å². The molecule has 0 aromatic rings. The summed E-state index contributed by atoms with van der Waals surface area (Å²) >= 11 is 0. The van der Waals surface area contributed by atoms with Gasteiger partial charge in [0.2, 0.25) is 0 Å². The molecule has 2 aliphatic rings. The monoisotopic (exact) mass is 212 g/mol. The van der Waals surface area contributed by atoms with Gasteiger partial charge in [0.05, 0.1) is 6.10 Å². The number of rotatable bonds is 5. The van der Waals surface area contributed by atoms with Crippen molar-refractivity contribution in [2.75, 3.05) is 13.2 Å². The maximum absolute atomic E-state index is 5.95. The number of hydrogen-bond acceptors (Lipinski definition) is 3. The topological polar surface area (TPSA) is 47.3 Å². The van der Waals surface area contributed by atoms with Crippen LogP contribution in [0.2, 0.25) is 0 Å². The SMILES string of the molecule is CCCC1CC(CN)(NC2CC2)CCO1. The first-order chi connectivity index (χ1) is 7.28. The summed E-state index contributed by atoms with van der Waals surface area (Å²) in [5.74, 6) is 0. The predicted octanol–water partition coefficient (Wildman–Crippen LogP) is 1.42. The maximum atomic E-state index is 5.95. The van der Waals surface area contributed by atoms with Crippen molar-refractivity contribution in [2.24, 2.45) is 5.73 Å². The number of nitrogens with two attached hydrogens (primary N) is 1. The molecule has 1 aliphatic heterocycles. The van der Waals surface area contributed by atoms with Crippen molar-refractivity contribution in [3.63, 3.8) is 0 Å². The normalized spacial score (nSPS) is 36.8. The molecule has 0 bridgehead atoms. The Morgan fingerprint density at radius 1 is 1.47 bits per heavy atom. The van der Waals surface area contributed by atoms with E-state index >= 15 is 0 Å². The van der Waals surface area contributed by atoms with E-state index in [1.807, 2.05) is 0 Å². The molecule has 1 saturated carbocycles. The summed E-state index contributed by atoms with van der Waals surface area (Å²) in [5.41, 5.74) is 6.13. The van der Waals surface area contributed by atoms with Gasteiger partial charge in [-0.3, -0.25) is 0 Å². The van der Waals surface area contributed by atoms with Gasteiger partial charge in [-0.05, 0) is 32.1 Å². The van der Waals surface area contributed by atoms with Gasteiger partial charge >= 0.3 is 0 Å². The first-order valence-corrected chi connectivity index (χ1v) is 6.37. The van der Waals surface area contributed by atoms with Crippen molar-refractivity contribution in [1.82, 2.24) is 5.32 Å². The summed E-state index contributed by atoms with van der Waals surface area (Å²) in [6.07, 6.45) is 7.66. The van der Waals surface area contributed by atoms with Gasteiger partial charge in [0.15, 0.2) is 0 Å². The summed E-state index contributed by atoms with van der Waals surface area (Å²) in [7, 11) is 0. The van der Waals surface area contributed by atoms with Crippen LogP contribution in [-0.4, -0.2) is 30.8 Å². The highest BCUT2D eigenvalue weighted by Gasteiger charge is 2.39. The van der Waals surface area contributed by atoms with Gasteiger partial charge in [0, 0.05) is 24.7 Å². The predicted molar refractivity (Wildman–Crippen MR) is 61.8 cm³/mol. The minimum Gasteiger partial charge on any atom is -0.378 e. The Hall–Kier alpha value is -0.120. The van der Waals surface area contributed by atoms with Gasteiger partial charge < -0.3 is 15.8 Å². The van der Waals surface area contributed by atoms with Crippen LogP contribution in [0.1, 0.15) is 45.4 Å². The Kier molecular flexibility index (Phi) is 3.65. The summed E-state index contributed by atoms with van der Waals surface area (Å²) in [6.45, 7) is 3.85. The van der Waals surface area contributed by atoms with Crippen molar-refractivity contribution >= 4 is 0 Å². The summed E-state index contributed by atoms with van der Waals surface area (Å²) in [6, 6.07) is 0.744. The smallest absolute Gasteiger partial charge is 0.0593 e. The molecule has 3 heteroatoms. The average molecular weight is 212 g/mol. The molecule has 88 valence electrons. The van der Waals surface area contributed by atoms with E-state index in [0.29, 0.717) is 6.10 Å². The van der Waals surface area contributed by atoms with E-state index in [4.69, 9.17) is 10.5 Å². The van der Waals surface area contributed by atoms with E-state index in [9.17, 15) is 0 Å². The molecule has 1 saturated heterocycles. The molecule has 0 aromatic heterocycles. The zero-order valence-corrected chi connectivity index (χ0v) is 9.80. The molecule has 1 heterocycles. The zero-order chi connectivity index (χ0) is 10.7. The maximum Gasteiger partial charge on any atom is 0.0593 e. The van der Waals surface area contributed by atoms with Crippen LogP contribution >= 0.6 is 0 Å². The molecule has 15 heavy (non-hydrogen) atoms. The van der Waals surface area contributed by atoms with E-state index in [1.165, 1.54) is 25.7 Å². The summed E-state index contributed by atoms with van der Waals surface area (Å²) in [4.78, 5) is 0. The van der Waals surface area contributed by atoms with Gasteiger partial charge in [-0.25, -0.2) is 0 Å². The second kappa shape index (κ2) is 4.81. The number of ether oxygens (including phenoxy) is 1. The van der Waals surface area contributed by atoms with Crippen molar-refractivity contribution in [3.05, 3.63) is 0 Å². The zero-order valence-electron chi connectivity index (χ0n) is 9.80. The van der Waals surface area contributed by atoms with Gasteiger partial charge in [-0.2, -0.15) is 0 Å². The van der Waals surface area contributed by atoms with Crippen LogP contribution in [0.4, 0.5) is 0 Å². The molecule has 2 fully saturated rings. The quantitative estimate of drug-likeness (QED) is 0.724. The van der Waals surface area contributed by atoms with Gasteiger partial charge in [-0.1, -0.05) is 13.3 Å². The number of nitrogens with one attached hydrogen (secondary N) is 1. The van der Waals surface area contributed by atoms with Crippen LogP contribution in [0.5, 0.6) is 0 Å². The third-order valence-corrected chi connectivity index (χ3v) is 3.64. The minimum absolute atomic E-state index is 0.180. The van der Waals surface area contributed by atoms with Gasteiger partial charge in [0.1, 0.15) is 0 Å². The molecule has 3 N–H and O–H groups in total. The third-order valence-electron chi connectivity index (χ3n) is 3.64. The van der Waals surface area contributed by atoms with Crippen LogP contribution in [0, 0.1) is 0 Å². The molecule has 3 nitrogen and oxygen atoms in total. The summed E-state index contributed by atoms with van der Waals surface area (Å²) < 4.78 is 5.78. The lowest BCUT2D eigenvalue weighted by Gasteiger charge is -2.41. The Bertz CT molecular complexity index is 204. The van der Waals surface area contributed by atoms with Crippen LogP contribution in [-0.2, 0) is 4.74 Å². The van der Waals surface area contributed by atoms with Crippen molar-refractivity contribution in [2.45, 2.75) is 63.1 Å². The highest BCUT2D eigenvalue weighted by atomic mass is 16.5. The summed E-state index contributed by atoms with van der Waals surface area (Å²) in [5, 5.41) is 3.74. The lowest BCUT2D eigenvalue weighted by Crippen LogP contribution is -2.57. The first kappa shape index (κ1) is 11.4. The fourth-order valence-corrected chi connectivity index (χ4v) is 2.56. The van der Waals surface area contributed by atoms with Crippen LogP contribution < -0.4 is 11.1 Å². The fourth-order valence-electron chi connectivity index (χ4n) is 2.56. The highest BCUT2D eigenvalue weighted by Crippen LogP contribution is 2.31. The van der Waals surface area contributed by atoms with E-state index in [2.05, 4.69) is 12.2 Å². The fraction of sp³-hybridized carbons (Fsp3) is 1.00. The van der Waals surface area contributed by atoms with E-state index in [1.54, 1.807) is 0 Å². The molecule has 1 aliphatic carbocycles. The van der Waals surface area contributed by atoms with E-state index in [0.717, 1.165) is 32.0 Å². The van der Waals surface area contributed by atoms with Gasteiger partial charge in [0.25, 0.3) is 0 Å². The molecular formula is C12H24N2O. The Labute approximate surface area is 92.7 Å². The Morgan fingerprint density at radius 2 is 2.27 bits per heavy atom. The molecule has 2 unspecified atom stereocenters. The Morgan fingerprint density at radius 3 is 2.87 bits per heavy atom. The second-order valence-corrected chi connectivity index (χ2v) is 5.14. The molecular weight excluding hydrogens is 188 g/mol. The lowest BCUT2D eigenvalue weighted by molar-refractivity contribution is -0.0311. The van der Waals surface area contributed by atoms with Crippen molar-refractivity contribution < 1.29 is 4.74 Å². The standard InChI is InChI=1S/C12H24N2O/c1-2-3-11-8-12(9-13,6-7-15-11)14-10-4-5-10/h10-11,14H,2-9,13H2,1H3. The molecule has 0 amide bonds. The lowest BCUT2D eigenvalue weighted by atomic mass is 9.85. The average Bonchev–Trinajstić information content (AvgIpc) is 3.03. The van der Waals surface area contributed by atoms with E-state index < -0.39 is 0 Å². The molecule has 0 radical (unpaired) electrons.